The van der Waals surface area contributed by atoms with E-state index < -0.39 is 6.04 Å². The number of halogens is 1. The van der Waals surface area contributed by atoms with Gasteiger partial charge in [0.25, 0.3) is 0 Å². The highest BCUT2D eigenvalue weighted by molar-refractivity contribution is 5.85. The Balaban J connectivity index is 0.00000264. The van der Waals surface area contributed by atoms with Gasteiger partial charge < -0.3 is 15.8 Å². The van der Waals surface area contributed by atoms with Gasteiger partial charge in [0, 0.05) is 25.2 Å². The van der Waals surface area contributed by atoms with E-state index in [4.69, 9.17) is 10.5 Å². The highest BCUT2D eigenvalue weighted by Crippen LogP contribution is 2.25. The van der Waals surface area contributed by atoms with E-state index in [1.54, 1.807) is 0 Å². The van der Waals surface area contributed by atoms with Gasteiger partial charge in [0.1, 0.15) is 0 Å². The molecule has 1 amide bonds. The molecule has 2 rings (SSSR count). The lowest BCUT2D eigenvalue weighted by atomic mass is 9.82. The molecule has 0 bridgehead atoms. The van der Waals surface area contributed by atoms with Crippen LogP contribution in [0.3, 0.4) is 0 Å². The summed E-state index contributed by atoms with van der Waals surface area (Å²) in [4.78, 5) is 12.3. The number of benzene rings is 1. The van der Waals surface area contributed by atoms with Crippen molar-refractivity contribution in [1.82, 2.24) is 5.32 Å². The molecule has 0 saturated carbocycles. The molecule has 1 aliphatic rings. The first kappa shape index (κ1) is 19.9. The van der Waals surface area contributed by atoms with Crippen molar-refractivity contribution >= 4 is 18.3 Å². The Hall–Kier alpha value is -1.10. The average molecular weight is 341 g/mol. The number of carbonyl (C=O) groups is 1. The fraction of sp³-hybridized carbons (Fsp3) is 0.611. The van der Waals surface area contributed by atoms with Crippen molar-refractivity contribution < 1.29 is 9.53 Å². The third-order valence-corrected chi connectivity index (χ3v) is 4.66. The van der Waals surface area contributed by atoms with Gasteiger partial charge in [0.2, 0.25) is 5.91 Å². The zero-order valence-corrected chi connectivity index (χ0v) is 15.1. The Morgan fingerprint density at radius 2 is 1.96 bits per heavy atom. The zero-order valence-electron chi connectivity index (χ0n) is 14.3. The van der Waals surface area contributed by atoms with Gasteiger partial charge in [-0.3, -0.25) is 4.79 Å². The Labute approximate surface area is 145 Å². The molecule has 0 radical (unpaired) electrons. The number of rotatable bonds is 5. The molecule has 1 aromatic carbocycles. The van der Waals surface area contributed by atoms with Crippen LogP contribution < -0.4 is 11.1 Å². The molecule has 1 unspecified atom stereocenters. The number of amides is 1. The average Bonchev–Trinajstić information content (AvgIpc) is 2.53. The Bertz CT molecular complexity index is 513. The number of hydrogen-bond donors (Lipinski definition) is 2. The topological polar surface area (TPSA) is 64.4 Å². The Kier molecular flexibility index (Phi) is 7.52. The molecule has 0 aromatic heterocycles. The summed E-state index contributed by atoms with van der Waals surface area (Å²) < 4.78 is 5.33. The van der Waals surface area contributed by atoms with E-state index >= 15 is 0 Å². The normalized spacial score (nSPS) is 17.2. The summed E-state index contributed by atoms with van der Waals surface area (Å²) in [6.07, 6.45) is 1.74. The van der Waals surface area contributed by atoms with Crippen molar-refractivity contribution in [3.8, 4) is 0 Å². The minimum atomic E-state index is -0.434. The predicted octanol–water partition coefficient (Wildman–Crippen LogP) is 2.56. The predicted molar refractivity (Wildman–Crippen MR) is 96.0 cm³/mol. The summed E-state index contributed by atoms with van der Waals surface area (Å²) in [5.74, 6) is 0.184. The van der Waals surface area contributed by atoms with Gasteiger partial charge in [0.15, 0.2) is 0 Å². The van der Waals surface area contributed by atoms with E-state index in [0.29, 0.717) is 19.8 Å². The van der Waals surface area contributed by atoms with Gasteiger partial charge in [-0.05, 0) is 36.8 Å². The monoisotopic (exact) mass is 340 g/mol. The van der Waals surface area contributed by atoms with Gasteiger partial charge in [-0.15, -0.1) is 12.4 Å². The molecular formula is C18H29ClN2O2. The molecule has 1 atom stereocenters. The maximum Gasteiger partial charge on any atom is 0.237 e. The summed E-state index contributed by atoms with van der Waals surface area (Å²) in [5, 5.41) is 3.04. The molecule has 23 heavy (non-hydrogen) atoms. The van der Waals surface area contributed by atoms with Crippen LogP contribution in [0.15, 0.2) is 24.3 Å². The van der Waals surface area contributed by atoms with Crippen LogP contribution in [0.25, 0.3) is 0 Å². The summed E-state index contributed by atoms with van der Waals surface area (Å²) >= 11 is 0. The van der Waals surface area contributed by atoms with E-state index in [1.807, 2.05) is 12.1 Å². The second-order valence-electron chi connectivity index (χ2n) is 6.89. The molecule has 0 aliphatic carbocycles. The fourth-order valence-electron chi connectivity index (χ4n) is 3.14. The lowest BCUT2D eigenvalue weighted by Crippen LogP contribution is -2.49. The van der Waals surface area contributed by atoms with Gasteiger partial charge in [-0.2, -0.15) is 0 Å². The van der Waals surface area contributed by atoms with Gasteiger partial charge >= 0.3 is 0 Å². The molecule has 1 aromatic rings. The Morgan fingerprint density at radius 1 is 1.35 bits per heavy atom. The Morgan fingerprint density at radius 3 is 2.57 bits per heavy atom. The summed E-state index contributed by atoms with van der Waals surface area (Å²) in [6.45, 7) is 8.41. The number of hydrogen-bond acceptors (Lipinski definition) is 3. The van der Waals surface area contributed by atoms with Crippen LogP contribution in [-0.4, -0.2) is 31.7 Å². The second-order valence-corrected chi connectivity index (χ2v) is 6.89. The third kappa shape index (κ3) is 5.20. The van der Waals surface area contributed by atoms with Crippen LogP contribution in [0, 0.1) is 12.8 Å². The third-order valence-electron chi connectivity index (χ3n) is 4.66. The maximum atomic E-state index is 12.3. The van der Waals surface area contributed by atoms with Crippen molar-refractivity contribution in [3.05, 3.63) is 35.4 Å². The van der Waals surface area contributed by atoms with E-state index in [1.165, 1.54) is 11.1 Å². The van der Waals surface area contributed by atoms with Crippen LogP contribution in [0.5, 0.6) is 0 Å². The largest absolute Gasteiger partial charge is 0.381 e. The zero-order chi connectivity index (χ0) is 16.2. The summed E-state index contributed by atoms with van der Waals surface area (Å²) in [5.41, 5.74) is 8.51. The molecule has 1 aliphatic heterocycles. The standard InChI is InChI=1S/C18H28N2O2.ClH/c1-13-6-4-5-7-15(13)18(2,3)12-20-17(21)16(19)14-8-10-22-11-9-14;/h4-7,14,16H,8-12,19H2,1-3H3,(H,20,21);1H. The van der Waals surface area contributed by atoms with Crippen LogP contribution in [0.1, 0.15) is 37.8 Å². The quantitative estimate of drug-likeness (QED) is 0.865. The van der Waals surface area contributed by atoms with E-state index in [2.05, 4.69) is 38.2 Å². The van der Waals surface area contributed by atoms with Gasteiger partial charge in [-0.1, -0.05) is 38.1 Å². The minimum absolute atomic E-state index is 0. The van der Waals surface area contributed by atoms with Crippen molar-refractivity contribution in [2.45, 2.75) is 45.1 Å². The first-order chi connectivity index (χ1) is 10.4. The van der Waals surface area contributed by atoms with E-state index in [9.17, 15) is 4.79 Å². The van der Waals surface area contributed by atoms with Crippen molar-refractivity contribution in [1.29, 1.82) is 0 Å². The molecule has 1 fully saturated rings. The first-order valence-electron chi connectivity index (χ1n) is 8.09. The van der Waals surface area contributed by atoms with Crippen molar-refractivity contribution in [3.63, 3.8) is 0 Å². The summed E-state index contributed by atoms with van der Waals surface area (Å²) in [6, 6.07) is 7.87. The van der Waals surface area contributed by atoms with Crippen LogP contribution in [-0.2, 0) is 14.9 Å². The first-order valence-corrected chi connectivity index (χ1v) is 8.09. The molecule has 5 heteroatoms. The van der Waals surface area contributed by atoms with Gasteiger partial charge in [-0.25, -0.2) is 0 Å². The number of nitrogens with two attached hydrogens (primary N) is 1. The SMILES string of the molecule is Cc1ccccc1C(C)(C)CNC(=O)C(N)C1CCOCC1.Cl. The number of nitrogens with one attached hydrogen (secondary N) is 1. The van der Waals surface area contributed by atoms with Crippen LogP contribution in [0.2, 0.25) is 0 Å². The van der Waals surface area contributed by atoms with Gasteiger partial charge in [0.05, 0.1) is 6.04 Å². The van der Waals surface area contributed by atoms with E-state index in [-0.39, 0.29) is 29.6 Å². The van der Waals surface area contributed by atoms with Crippen LogP contribution >= 0.6 is 12.4 Å². The minimum Gasteiger partial charge on any atom is -0.381 e. The lowest BCUT2D eigenvalue weighted by molar-refractivity contribution is -0.124. The van der Waals surface area contributed by atoms with Crippen molar-refractivity contribution in [2.24, 2.45) is 11.7 Å². The maximum absolute atomic E-state index is 12.3. The highest BCUT2D eigenvalue weighted by atomic mass is 35.5. The number of aryl methyl sites for hydroxylation is 1. The number of carbonyl (C=O) groups excluding carboxylic acids is 1. The smallest absolute Gasteiger partial charge is 0.237 e. The molecule has 1 saturated heterocycles. The van der Waals surface area contributed by atoms with Crippen LogP contribution in [0.4, 0.5) is 0 Å². The fourth-order valence-corrected chi connectivity index (χ4v) is 3.14. The molecular weight excluding hydrogens is 312 g/mol. The molecule has 0 spiro atoms. The molecule has 1 heterocycles. The van der Waals surface area contributed by atoms with E-state index in [0.717, 1.165) is 12.8 Å². The highest BCUT2D eigenvalue weighted by Gasteiger charge is 2.28. The molecule has 3 N–H and O–H groups in total. The van der Waals surface area contributed by atoms with Crippen molar-refractivity contribution in [2.75, 3.05) is 19.8 Å². The number of ether oxygens (including phenoxy) is 1. The molecule has 130 valence electrons. The lowest BCUT2D eigenvalue weighted by Gasteiger charge is -2.30. The summed E-state index contributed by atoms with van der Waals surface area (Å²) in [7, 11) is 0. The molecule has 4 nitrogen and oxygen atoms in total. The second kappa shape index (κ2) is 8.67.